The Morgan fingerprint density at radius 3 is 1.81 bits per heavy atom. The van der Waals surface area contributed by atoms with Crippen molar-refractivity contribution in [2.24, 2.45) is 0 Å². The third kappa shape index (κ3) is 4.04. The summed E-state index contributed by atoms with van der Waals surface area (Å²) in [6.45, 7) is 2.64. The second-order valence-corrected chi connectivity index (χ2v) is 5.15. The van der Waals surface area contributed by atoms with Gasteiger partial charge in [-0.2, -0.15) is 0 Å². The van der Waals surface area contributed by atoms with Crippen LogP contribution < -0.4 is 0 Å². The van der Waals surface area contributed by atoms with E-state index in [0.717, 1.165) is 25.5 Å². The highest BCUT2D eigenvalue weighted by atomic mass is 15.1. The Kier molecular flexibility index (Phi) is 4.44. The van der Waals surface area contributed by atoms with Crippen LogP contribution in [0.3, 0.4) is 0 Å². The fraction of sp³-hybridized carbons (Fsp3) is 0.167. The Bertz CT molecular complexity index is 591. The van der Waals surface area contributed by atoms with Gasteiger partial charge >= 0.3 is 0 Å². The molecule has 0 radical (unpaired) electrons. The molecule has 1 aromatic heterocycles. The van der Waals surface area contributed by atoms with Crippen LogP contribution in [0, 0.1) is 0 Å². The summed E-state index contributed by atoms with van der Waals surface area (Å²) in [4.78, 5) is 9.92. The molecule has 21 heavy (non-hydrogen) atoms. The third-order valence-corrected chi connectivity index (χ3v) is 3.43. The van der Waals surface area contributed by atoms with Crippen LogP contribution in [-0.2, 0) is 19.6 Å². The Morgan fingerprint density at radius 2 is 1.33 bits per heavy atom. The molecule has 3 heteroatoms. The van der Waals surface area contributed by atoms with E-state index in [1.807, 2.05) is 6.20 Å². The number of imidazole rings is 1. The van der Waals surface area contributed by atoms with E-state index in [9.17, 15) is 0 Å². The Labute approximate surface area is 125 Å². The largest absolute Gasteiger partial charge is 0.348 e. The highest BCUT2D eigenvalue weighted by molar-refractivity contribution is 5.17. The van der Waals surface area contributed by atoms with Gasteiger partial charge in [-0.3, -0.25) is 4.90 Å². The molecule has 0 saturated heterocycles. The number of rotatable bonds is 6. The fourth-order valence-corrected chi connectivity index (χ4v) is 2.45. The van der Waals surface area contributed by atoms with Gasteiger partial charge in [0.15, 0.2) is 0 Å². The van der Waals surface area contributed by atoms with Crippen molar-refractivity contribution >= 4 is 0 Å². The quantitative estimate of drug-likeness (QED) is 0.746. The molecule has 3 aromatic rings. The molecule has 3 rings (SSSR count). The van der Waals surface area contributed by atoms with Gasteiger partial charge in [0.2, 0.25) is 0 Å². The van der Waals surface area contributed by atoms with Crippen LogP contribution in [0.4, 0.5) is 0 Å². The van der Waals surface area contributed by atoms with Crippen LogP contribution in [0.25, 0.3) is 0 Å². The minimum Gasteiger partial charge on any atom is -0.348 e. The second kappa shape index (κ2) is 6.86. The zero-order chi connectivity index (χ0) is 14.3. The van der Waals surface area contributed by atoms with Gasteiger partial charge in [-0.1, -0.05) is 60.7 Å². The minimum atomic E-state index is 0.816. The predicted octanol–water partition coefficient (Wildman–Crippen LogP) is 3.61. The summed E-state index contributed by atoms with van der Waals surface area (Å²) < 4.78 is 0. The molecule has 0 atom stereocenters. The first-order valence-corrected chi connectivity index (χ1v) is 7.18. The van der Waals surface area contributed by atoms with Crippen molar-refractivity contribution < 1.29 is 0 Å². The van der Waals surface area contributed by atoms with Gasteiger partial charge in [0.05, 0.1) is 6.54 Å². The maximum atomic E-state index is 4.34. The first kappa shape index (κ1) is 13.6. The highest BCUT2D eigenvalue weighted by Crippen LogP contribution is 2.12. The normalized spacial score (nSPS) is 10.9. The molecule has 0 saturated carbocycles. The van der Waals surface area contributed by atoms with Gasteiger partial charge in [0.1, 0.15) is 5.82 Å². The molecule has 0 aliphatic carbocycles. The van der Waals surface area contributed by atoms with Crippen LogP contribution in [0.2, 0.25) is 0 Å². The van der Waals surface area contributed by atoms with Crippen LogP contribution >= 0.6 is 0 Å². The van der Waals surface area contributed by atoms with E-state index < -0.39 is 0 Å². The number of benzene rings is 2. The van der Waals surface area contributed by atoms with Gasteiger partial charge in [-0.15, -0.1) is 0 Å². The van der Waals surface area contributed by atoms with Crippen molar-refractivity contribution in [2.75, 3.05) is 0 Å². The van der Waals surface area contributed by atoms with Crippen LogP contribution in [0.5, 0.6) is 0 Å². The lowest BCUT2D eigenvalue weighted by molar-refractivity contribution is 0.242. The summed E-state index contributed by atoms with van der Waals surface area (Å²) >= 11 is 0. The minimum absolute atomic E-state index is 0.816. The number of hydrogen-bond acceptors (Lipinski definition) is 2. The van der Waals surface area contributed by atoms with E-state index in [1.165, 1.54) is 11.1 Å². The summed E-state index contributed by atoms with van der Waals surface area (Å²) in [6, 6.07) is 21.1. The lowest BCUT2D eigenvalue weighted by Crippen LogP contribution is -2.23. The fourth-order valence-electron chi connectivity index (χ4n) is 2.45. The molecule has 0 bridgehead atoms. The molecule has 106 valence electrons. The van der Waals surface area contributed by atoms with Crippen molar-refractivity contribution in [3.63, 3.8) is 0 Å². The first-order chi connectivity index (χ1) is 10.4. The monoisotopic (exact) mass is 277 g/mol. The van der Waals surface area contributed by atoms with E-state index in [0.29, 0.717) is 0 Å². The standard InChI is InChI=1S/C18H19N3/c1-3-7-16(8-4-1)13-21(15-18-19-11-12-20-18)14-17-9-5-2-6-10-17/h1-12H,13-15H2,(H,19,20). The molecular weight excluding hydrogens is 258 g/mol. The summed E-state index contributed by atoms with van der Waals surface area (Å²) in [5.41, 5.74) is 2.64. The molecule has 0 fully saturated rings. The lowest BCUT2D eigenvalue weighted by atomic mass is 10.1. The van der Waals surface area contributed by atoms with Crippen molar-refractivity contribution in [1.29, 1.82) is 0 Å². The van der Waals surface area contributed by atoms with Gasteiger partial charge in [-0.25, -0.2) is 4.98 Å². The summed E-state index contributed by atoms with van der Waals surface area (Å²) in [7, 11) is 0. The average Bonchev–Trinajstić information content (AvgIpc) is 3.02. The number of aromatic nitrogens is 2. The van der Waals surface area contributed by atoms with Crippen molar-refractivity contribution in [3.8, 4) is 0 Å². The summed E-state index contributed by atoms with van der Waals surface area (Å²) in [5.74, 6) is 1.00. The average molecular weight is 277 g/mol. The summed E-state index contributed by atoms with van der Waals surface area (Å²) in [5, 5.41) is 0. The molecule has 0 unspecified atom stereocenters. The van der Waals surface area contributed by atoms with Gasteiger partial charge < -0.3 is 4.98 Å². The predicted molar refractivity (Wildman–Crippen MR) is 84.4 cm³/mol. The maximum absolute atomic E-state index is 4.34. The zero-order valence-corrected chi connectivity index (χ0v) is 11.9. The topological polar surface area (TPSA) is 31.9 Å². The molecule has 0 aliphatic heterocycles. The first-order valence-electron chi connectivity index (χ1n) is 7.18. The molecule has 0 aliphatic rings. The number of nitrogens with zero attached hydrogens (tertiary/aromatic N) is 2. The van der Waals surface area contributed by atoms with Crippen LogP contribution in [-0.4, -0.2) is 14.9 Å². The highest BCUT2D eigenvalue weighted by Gasteiger charge is 2.09. The Balaban J connectivity index is 1.74. The van der Waals surface area contributed by atoms with Crippen LogP contribution in [0.15, 0.2) is 73.1 Å². The van der Waals surface area contributed by atoms with E-state index in [2.05, 4.69) is 75.5 Å². The smallest absolute Gasteiger partial charge is 0.120 e. The van der Waals surface area contributed by atoms with Crippen molar-refractivity contribution in [1.82, 2.24) is 14.9 Å². The lowest BCUT2D eigenvalue weighted by Gasteiger charge is -2.21. The number of nitrogens with one attached hydrogen (secondary N) is 1. The van der Waals surface area contributed by atoms with E-state index >= 15 is 0 Å². The van der Waals surface area contributed by atoms with Crippen molar-refractivity contribution in [2.45, 2.75) is 19.6 Å². The van der Waals surface area contributed by atoms with E-state index in [-0.39, 0.29) is 0 Å². The molecule has 1 heterocycles. The number of H-pyrrole nitrogens is 1. The number of hydrogen-bond donors (Lipinski definition) is 1. The molecule has 0 amide bonds. The van der Waals surface area contributed by atoms with Gasteiger partial charge in [-0.05, 0) is 11.1 Å². The van der Waals surface area contributed by atoms with Crippen molar-refractivity contribution in [3.05, 3.63) is 90.0 Å². The Morgan fingerprint density at radius 1 is 0.762 bits per heavy atom. The third-order valence-electron chi connectivity index (χ3n) is 3.43. The van der Waals surface area contributed by atoms with Gasteiger partial charge in [0, 0.05) is 25.5 Å². The SMILES string of the molecule is c1ccc(CN(Cc2ccccc2)Cc2ncc[nH]2)cc1. The number of aromatic amines is 1. The molecule has 3 nitrogen and oxygen atoms in total. The maximum Gasteiger partial charge on any atom is 0.120 e. The molecular formula is C18H19N3. The molecule has 2 aromatic carbocycles. The molecule has 1 N–H and O–H groups in total. The second-order valence-electron chi connectivity index (χ2n) is 5.15. The zero-order valence-electron chi connectivity index (χ0n) is 11.9. The molecule has 0 spiro atoms. The van der Waals surface area contributed by atoms with E-state index in [1.54, 1.807) is 6.20 Å². The summed E-state index contributed by atoms with van der Waals surface area (Å²) in [6.07, 6.45) is 3.68. The van der Waals surface area contributed by atoms with Gasteiger partial charge in [0.25, 0.3) is 0 Å². The van der Waals surface area contributed by atoms with Crippen LogP contribution in [0.1, 0.15) is 17.0 Å². The van der Waals surface area contributed by atoms with E-state index in [4.69, 9.17) is 0 Å². The Hall–Kier alpha value is -2.39.